The number of alkyl halides is 1. The van der Waals surface area contributed by atoms with Gasteiger partial charge in [-0.25, -0.2) is 18.9 Å². The lowest BCUT2D eigenvalue weighted by atomic mass is 10.1. The van der Waals surface area contributed by atoms with Crippen LogP contribution in [0.4, 0.5) is 14.0 Å². The van der Waals surface area contributed by atoms with Gasteiger partial charge in [-0.3, -0.25) is 4.90 Å². The lowest BCUT2D eigenvalue weighted by Crippen LogP contribution is -2.39. The van der Waals surface area contributed by atoms with Gasteiger partial charge in [0.15, 0.2) is 5.76 Å². The molecule has 1 N–H and O–H groups in total. The first kappa shape index (κ1) is 18.8. The number of nitrogens with zero attached hydrogens (tertiary/aromatic N) is 2. The third kappa shape index (κ3) is 3.74. The average Bonchev–Trinajstić information content (AvgIpc) is 3.06. The first-order valence-corrected chi connectivity index (χ1v) is 8.42. The normalized spacial score (nSPS) is 21.5. The van der Waals surface area contributed by atoms with Crippen LogP contribution in [-0.2, 0) is 16.1 Å². The zero-order chi connectivity index (χ0) is 19.8. The summed E-state index contributed by atoms with van der Waals surface area (Å²) < 4.78 is 25.6. The van der Waals surface area contributed by atoms with Gasteiger partial charge in [0.2, 0.25) is 5.67 Å². The molecule has 0 fully saturated rings. The Labute approximate surface area is 156 Å². The molecule has 0 bridgehead atoms. The molecule has 8 heteroatoms. The Morgan fingerprint density at radius 2 is 1.85 bits per heavy atom. The third-order valence-corrected chi connectivity index (χ3v) is 4.02. The molecule has 0 saturated carbocycles. The number of fused-ring (bicyclic) bond motifs is 1. The van der Waals surface area contributed by atoms with Crippen molar-refractivity contribution in [3.8, 4) is 0 Å². The second-order valence-electron chi connectivity index (χ2n) is 7.35. The van der Waals surface area contributed by atoms with Crippen molar-refractivity contribution in [1.29, 1.82) is 0 Å². The SMILES string of the molecule is CC(C)(C)OC(=O)N1C=C2N(C(=O)OCc3ccccc3)C=C(O)C2(F)C1. The third-order valence-electron chi connectivity index (χ3n) is 4.02. The smallest absolute Gasteiger partial charge is 0.418 e. The van der Waals surface area contributed by atoms with Crippen LogP contribution in [0.2, 0.25) is 0 Å². The molecular formula is C19H21FN2O5. The first-order chi connectivity index (χ1) is 12.6. The Hall–Kier alpha value is -3.03. The summed E-state index contributed by atoms with van der Waals surface area (Å²) in [5.74, 6) is -0.670. The lowest BCUT2D eigenvalue weighted by Gasteiger charge is -2.24. The number of aliphatic hydroxyl groups excluding tert-OH is 1. The predicted molar refractivity (Wildman–Crippen MR) is 94.0 cm³/mol. The maximum atomic E-state index is 15.2. The molecule has 0 aliphatic carbocycles. The van der Waals surface area contributed by atoms with E-state index in [1.807, 2.05) is 6.07 Å². The number of carbonyl (C=O) groups excluding carboxylic acids is 2. The van der Waals surface area contributed by atoms with Crippen molar-refractivity contribution in [1.82, 2.24) is 9.80 Å². The van der Waals surface area contributed by atoms with E-state index < -0.39 is 35.8 Å². The average molecular weight is 376 g/mol. The van der Waals surface area contributed by atoms with Gasteiger partial charge in [0.1, 0.15) is 12.2 Å². The van der Waals surface area contributed by atoms with Crippen LogP contribution in [0.15, 0.2) is 54.2 Å². The van der Waals surface area contributed by atoms with E-state index in [0.717, 1.165) is 27.8 Å². The molecule has 27 heavy (non-hydrogen) atoms. The van der Waals surface area contributed by atoms with Gasteiger partial charge >= 0.3 is 12.2 Å². The maximum Gasteiger partial charge on any atom is 0.418 e. The summed E-state index contributed by atoms with van der Waals surface area (Å²) >= 11 is 0. The largest absolute Gasteiger partial charge is 0.507 e. The van der Waals surface area contributed by atoms with E-state index in [9.17, 15) is 14.7 Å². The number of carbonyl (C=O) groups is 2. The van der Waals surface area contributed by atoms with Gasteiger partial charge in [0.25, 0.3) is 0 Å². The fraction of sp³-hybridized carbons (Fsp3) is 0.368. The van der Waals surface area contributed by atoms with E-state index in [2.05, 4.69) is 0 Å². The van der Waals surface area contributed by atoms with Crippen LogP contribution in [0.25, 0.3) is 0 Å². The van der Waals surface area contributed by atoms with Crippen molar-refractivity contribution in [2.75, 3.05) is 6.54 Å². The van der Waals surface area contributed by atoms with E-state index in [0.29, 0.717) is 0 Å². The van der Waals surface area contributed by atoms with Gasteiger partial charge in [0, 0.05) is 6.20 Å². The van der Waals surface area contributed by atoms with Gasteiger partial charge in [-0.05, 0) is 26.3 Å². The van der Waals surface area contributed by atoms with Crippen LogP contribution in [0.5, 0.6) is 0 Å². The minimum absolute atomic E-state index is 0.00682. The van der Waals surface area contributed by atoms with E-state index in [-0.39, 0.29) is 12.3 Å². The molecule has 0 spiro atoms. The minimum Gasteiger partial charge on any atom is -0.507 e. The van der Waals surface area contributed by atoms with Crippen LogP contribution >= 0.6 is 0 Å². The lowest BCUT2D eigenvalue weighted by molar-refractivity contribution is 0.0296. The summed E-state index contributed by atoms with van der Waals surface area (Å²) in [6, 6.07) is 9.00. The molecule has 1 aromatic rings. The van der Waals surface area contributed by atoms with Crippen LogP contribution in [0.1, 0.15) is 26.3 Å². The van der Waals surface area contributed by atoms with Crippen molar-refractivity contribution >= 4 is 12.2 Å². The highest BCUT2D eigenvalue weighted by molar-refractivity contribution is 5.77. The van der Waals surface area contributed by atoms with Crippen LogP contribution in [0.3, 0.4) is 0 Å². The quantitative estimate of drug-likeness (QED) is 0.848. The number of amides is 2. The first-order valence-electron chi connectivity index (χ1n) is 8.42. The number of rotatable bonds is 2. The second-order valence-corrected chi connectivity index (χ2v) is 7.35. The van der Waals surface area contributed by atoms with E-state index in [1.165, 1.54) is 0 Å². The van der Waals surface area contributed by atoms with Gasteiger partial charge < -0.3 is 14.6 Å². The molecule has 1 unspecified atom stereocenters. The van der Waals surface area contributed by atoms with Gasteiger partial charge in [-0.2, -0.15) is 0 Å². The number of benzene rings is 1. The van der Waals surface area contributed by atoms with Crippen LogP contribution in [-0.4, -0.2) is 44.9 Å². The van der Waals surface area contributed by atoms with Crippen molar-refractivity contribution in [3.63, 3.8) is 0 Å². The van der Waals surface area contributed by atoms with E-state index in [4.69, 9.17) is 9.47 Å². The minimum atomic E-state index is -2.37. The number of hydrogen-bond acceptors (Lipinski definition) is 5. The topological polar surface area (TPSA) is 79.3 Å². The van der Waals surface area contributed by atoms with Crippen molar-refractivity contribution < 1.29 is 28.6 Å². The van der Waals surface area contributed by atoms with Crippen molar-refractivity contribution in [2.24, 2.45) is 0 Å². The zero-order valence-electron chi connectivity index (χ0n) is 15.3. The highest BCUT2D eigenvalue weighted by atomic mass is 19.1. The fourth-order valence-electron chi connectivity index (χ4n) is 2.75. The molecule has 2 amide bonds. The fourth-order valence-corrected chi connectivity index (χ4v) is 2.75. The molecule has 2 heterocycles. The summed E-state index contributed by atoms with van der Waals surface area (Å²) in [5, 5.41) is 10.0. The molecule has 7 nitrogen and oxygen atoms in total. The Balaban J connectivity index is 1.74. The Morgan fingerprint density at radius 1 is 1.19 bits per heavy atom. The molecule has 2 aliphatic rings. The highest BCUT2D eigenvalue weighted by Crippen LogP contribution is 2.43. The van der Waals surface area contributed by atoms with Crippen molar-refractivity contribution in [3.05, 3.63) is 59.8 Å². The molecular weight excluding hydrogens is 355 g/mol. The predicted octanol–water partition coefficient (Wildman–Crippen LogP) is 3.84. The Bertz CT molecular complexity index is 815. The summed E-state index contributed by atoms with van der Waals surface area (Å²) in [4.78, 5) is 26.4. The number of hydrogen-bond donors (Lipinski definition) is 1. The van der Waals surface area contributed by atoms with Crippen LogP contribution in [0, 0.1) is 0 Å². The van der Waals surface area contributed by atoms with E-state index >= 15 is 4.39 Å². The Morgan fingerprint density at radius 3 is 2.48 bits per heavy atom. The number of halogens is 1. The second kappa shape index (κ2) is 6.61. The summed E-state index contributed by atoms with van der Waals surface area (Å²) in [7, 11) is 0. The molecule has 0 aromatic heterocycles. The highest BCUT2D eigenvalue weighted by Gasteiger charge is 2.55. The van der Waals surface area contributed by atoms with Gasteiger partial charge in [0.05, 0.1) is 18.4 Å². The van der Waals surface area contributed by atoms with Crippen molar-refractivity contribution in [2.45, 2.75) is 38.6 Å². The van der Waals surface area contributed by atoms with Crippen LogP contribution < -0.4 is 0 Å². The molecule has 3 rings (SSSR count). The molecule has 1 aromatic carbocycles. The molecule has 144 valence electrons. The van der Waals surface area contributed by atoms with E-state index in [1.54, 1.807) is 45.0 Å². The standard InChI is InChI=1S/C19H21FN2O5/c1-18(2,3)27-16(24)21-9-14-19(20,12-21)15(23)10-22(14)17(25)26-11-13-7-5-4-6-8-13/h4-10,23H,11-12H2,1-3H3. The number of ether oxygens (including phenoxy) is 2. The monoisotopic (exact) mass is 376 g/mol. The summed E-state index contributed by atoms with van der Waals surface area (Å²) in [5.41, 5.74) is -2.56. The Kier molecular flexibility index (Phi) is 4.59. The maximum absolute atomic E-state index is 15.2. The molecule has 0 radical (unpaired) electrons. The van der Waals surface area contributed by atoms with Gasteiger partial charge in [-0.1, -0.05) is 30.3 Å². The summed E-state index contributed by atoms with van der Waals surface area (Å²) in [6.45, 7) is 4.57. The molecule has 0 saturated heterocycles. The zero-order valence-corrected chi connectivity index (χ0v) is 15.3. The molecule has 2 aliphatic heterocycles. The number of aliphatic hydroxyl groups is 1. The van der Waals surface area contributed by atoms with Gasteiger partial charge in [-0.15, -0.1) is 0 Å². The molecule has 1 atom stereocenters. The summed E-state index contributed by atoms with van der Waals surface area (Å²) in [6.07, 6.45) is 0.484.